The van der Waals surface area contributed by atoms with E-state index >= 15 is 0 Å². The first kappa shape index (κ1) is 16.5. The van der Waals surface area contributed by atoms with Crippen molar-refractivity contribution in [3.63, 3.8) is 0 Å². The van der Waals surface area contributed by atoms with Crippen molar-refractivity contribution in [3.05, 3.63) is 23.8 Å². The SMILES string of the molecule is Cc1cc(S(=O)(=O)NCCC(=O)NC(C)C)ccc1N. The second-order valence-electron chi connectivity index (χ2n) is 4.89. The molecule has 1 amide bonds. The number of aryl methyl sites for hydroxylation is 1. The summed E-state index contributed by atoms with van der Waals surface area (Å²) in [4.78, 5) is 11.6. The molecule has 4 N–H and O–H groups in total. The molecule has 0 saturated heterocycles. The molecule has 0 spiro atoms. The number of hydrogen-bond donors (Lipinski definition) is 3. The Morgan fingerprint density at radius 1 is 1.35 bits per heavy atom. The number of amides is 1. The zero-order valence-corrected chi connectivity index (χ0v) is 12.8. The first-order valence-electron chi connectivity index (χ1n) is 6.37. The lowest BCUT2D eigenvalue weighted by molar-refractivity contribution is -0.121. The van der Waals surface area contributed by atoms with Crippen LogP contribution in [0.1, 0.15) is 25.8 Å². The summed E-state index contributed by atoms with van der Waals surface area (Å²) in [5.74, 6) is -0.184. The van der Waals surface area contributed by atoms with Gasteiger partial charge < -0.3 is 11.1 Å². The van der Waals surface area contributed by atoms with E-state index in [0.29, 0.717) is 11.3 Å². The summed E-state index contributed by atoms with van der Waals surface area (Å²) in [7, 11) is -3.61. The van der Waals surface area contributed by atoms with Crippen molar-refractivity contribution in [2.45, 2.75) is 38.1 Å². The molecule has 1 rings (SSSR count). The van der Waals surface area contributed by atoms with Gasteiger partial charge in [-0.2, -0.15) is 0 Å². The van der Waals surface area contributed by atoms with Crippen LogP contribution in [-0.2, 0) is 14.8 Å². The van der Waals surface area contributed by atoms with Crippen LogP contribution in [0.2, 0.25) is 0 Å². The van der Waals surface area contributed by atoms with Crippen molar-refractivity contribution in [1.82, 2.24) is 10.0 Å². The van der Waals surface area contributed by atoms with E-state index in [1.54, 1.807) is 13.0 Å². The average molecular weight is 299 g/mol. The maximum atomic E-state index is 12.0. The van der Waals surface area contributed by atoms with Crippen LogP contribution in [0.15, 0.2) is 23.1 Å². The van der Waals surface area contributed by atoms with Crippen molar-refractivity contribution < 1.29 is 13.2 Å². The molecule has 0 bridgehead atoms. The van der Waals surface area contributed by atoms with Crippen LogP contribution in [0.3, 0.4) is 0 Å². The Kier molecular flexibility index (Phi) is 5.52. The van der Waals surface area contributed by atoms with Gasteiger partial charge in [0.2, 0.25) is 15.9 Å². The monoisotopic (exact) mass is 299 g/mol. The highest BCUT2D eigenvalue weighted by atomic mass is 32.2. The minimum atomic E-state index is -3.61. The van der Waals surface area contributed by atoms with Gasteiger partial charge in [0.05, 0.1) is 4.90 Å². The molecule has 0 heterocycles. The molecule has 0 aliphatic heterocycles. The number of nitrogens with two attached hydrogens (primary N) is 1. The number of carbonyl (C=O) groups is 1. The van der Waals surface area contributed by atoms with Gasteiger partial charge in [0, 0.05) is 24.7 Å². The molecule has 0 fully saturated rings. The fourth-order valence-electron chi connectivity index (χ4n) is 1.59. The van der Waals surface area contributed by atoms with Crippen LogP contribution in [-0.4, -0.2) is 26.9 Å². The summed E-state index contributed by atoms with van der Waals surface area (Å²) in [5, 5.41) is 2.70. The molecule has 112 valence electrons. The maximum Gasteiger partial charge on any atom is 0.240 e. The first-order valence-corrected chi connectivity index (χ1v) is 7.86. The third-order valence-electron chi connectivity index (χ3n) is 2.65. The van der Waals surface area contributed by atoms with E-state index in [4.69, 9.17) is 5.73 Å². The Morgan fingerprint density at radius 3 is 2.55 bits per heavy atom. The molecule has 0 aliphatic carbocycles. The Labute approximate surface area is 119 Å². The number of anilines is 1. The van der Waals surface area contributed by atoms with E-state index in [2.05, 4.69) is 10.0 Å². The molecular formula is C13H21N3O3S. The van der Waals surface area contributed by atoms with Crippen LogP contribution in [0, 0.1) is 6.92 Å². The highest BCUT2D eigenvalue weighted by Crippen LogP contribution is 2.16. The van der Waals surface area contributed by atoms with E-state index in [-0.39, 0.29) is 29.8 Å². The van der Waals surface area contributed by atoms with E-state index in [1.807, 2.05) is 13.8 Å². The van der Waals surface area contributed by atoms with Gasteiger partial charge in [-0.3, -0.25) is 4.79 Å². The van der Waals surface area contributed by atoms with E-state index in [9.17, 15) is 13.2 Å². The molecule has 20 heavy (non-hydrogen) atoms. The lowest BCUT2D eigenvalue weighted by Gasteiger charge is -2.10. The Bertz CT molecular complexity index is 583. The predicted molar refractivity (Wildman–Crippen MR) is 78.7 cm³/mol. The Balaban J connectivity index is 2.62. The van der Waals surface area contributed by atoms with Crippen LogP contribution in [0.25, 0.3) is 0 Å². The number of carbonyl (C=O) groups excluding carboxylic acids is 1. The fourth-order valence-corrected chi connectivity index (χ4v) is 2.71. The highest BCUT2D eigenvalue weighted by molar-refractivity contribution is 7.89. The number of hydrogen-bond acceptors (Lipinski definition) is 4. The second-order valence-corrected chi connectivity index (χ2v) is 6.66. The standard InChI is InChI=1S/C13H21N3O3S/c1-9(2)16-13(17)6-7-15-20(18,19)11-4-5-12(14)10(3)8-11/h4-5,8-9,15H,6-7,14H2,1-3H3,(H,16,17). The van der Waals surface area contributed by atoms with Gasteiger partial charge in [0.15, 0.2) is 0 Å². The molecule has 7 heteroatoms. The van der Waals surface area contributed by atoms with Gasteiger partial charge in [-0.25, -0.2) is 13.1 Å². The van der Waals surface area contributed by atoms with Gasteiger partial charge in [0.25, 0.3) is 0 Å². The molecule has 0 atom stereocenters. The lowest BCUT2D eigenvalue weighted by Crippen LogP contribution is -2.34. The van der Waals surface area contributed by atoms with Crippen LogP contribution >= 0.6 is 0 Å². The summed E-state index contributed by atoms with van der Waals surface area (Å²) >= 11 is 0. The number of rotatable bonds is 6. The summed E-state index contributed by atoms with van der Waals surface area (Å²) in [5.41, 5.74) is 6.89. The summed E-state index contributed by atoms with van der Waals surface area (Å²) in [6, 6.07) is 4.54. The quantitative estimate of drug-likeness (QED) is 0.675. The number of nitrogen functional groups attached to an aromatic ring is 1. The Morgan fingerprint density at radius 2 is 2.00 bits per heavy atom. The molecule has 0 aliphatic rings. The van der Waals surface area contributed by atoms with Crippen molar-refractivity contribution in [2.75, 3.05) is 12.3 Å². The highest BCUT2D eigenvalue weighted by Gasteiger charge is 2.15. The van der Waals surface area contributed by atoms with Crippen LogP contribution in [0.5, 0.6) is 0 Å². The topological polar surface area (TPSA) is 101 Å². The molecule has 6 nitrogen and oxygen atoms in total. The van der Waals surface area contributed by atoms with Crippen LogP contribution in [0.4, 0.5) is 5.69 Å². The zero-order chi connectivity index (χ0) is 15.3. The molecule has 0 unspecified atom stereocenters. The third kappa shape index (κ3) is 4.82. The third-order valence-corrected chi connectivity index (χ3v) is 4.10. The van der Waals surface area contributed by atoms with Gasteiger partial charge in [-0.05, 0) is 44.5 Å². The lowest BCUT2D eigenvalue weighted by atomic mass is 10.2. The normalized spacial score (nSPS) is 11.6. The predicted octanol–water partition coefficient (Wildman–Crippen LogP) is 0.770. The summed E-state index contributed by atoms with van der Waals surface area (Å²) in [6.07, 6.45) is 0.103. The minimum Gasteiger partial charge on any atom is -0.399 e. The smallest absolute Gasteiger partial charge is 0.240 e. The Hall–Kier alpha value is -1.60. The van der Waals surface area contributed by atoms with E-state index in [1.165, 1.54) is 12.1 Å². The average Bonchev–Trinajstić information content (AvgIpc) is 2.31. The van der Waals surface area contributed by atoms with Gasteiger partial charge >= 0.3 is 0 Å². The molecule has 1 aromatic rings. The molecule has 0 radical (unpaired) electrons. The number of benzene rings is 1. The zero-order valence-electron chi connectivity index (χ0n) is 11.9. The summed E-state index contributed by atoms with van der Waals surface area (Å²) < 4.78 is 26.4. The molecular weight excluding hydrogens is 278 g/mol. The first-order chi connectivity index (χ1) is 9.22. The van der Waals surface area contributed by atoms with Crippen molar-refractivity contribution in [3.8, 4) is 0 Å². The summed E-state index contributed by atoms with van der Waals surface area (Å²) in [6.45, 7) is 5.49. The minimum absolute atomic E-state index is 0.0406. The molecule has 1 aromatic carbocycles. The van der Waals surface area contributed by atoms with Gasteiger partial charge in [0.1, 0.15) is 0 Å². The van der Waals surface area contributed by atoms with Crippen molar-refractivity contribution in [1.29, 1.82) is 0 Å². The number of sulfonamides is 1. The van der Waals surface area contributed by atoms with Gasteiger partial charge in [-0.15, -0.1) is 0 Å². The van der Waals surface area contributed by atoms with Crippen LogP contribution < -0.4 is 15.8 Å². The van der Waals surface area contributed by atoms with Gasteiger partial charge in [-0.1, -0.05) is 0 Å². The molecule has 0 saturated carbocycles. The van der Waals surface area contributed by atoms with E-state index < -0.39 is 10.0 Å². The largest absolute Gasteiger partial charge is 0.399 e. The van der Waals surface area contributed by atoms with E-state index in [0.717, 1.165) is 0 Å². The van der Waals surface area contributed by atoms with Crippen molar-refractivity contribution in [2.24, 2.45) is 0 Å². The number of nitrogens with one attached hydrogen (secondary N) is 2. The maximum absolute atomic E-state index is 12.0. The fraction of sp³-hybridized carbons (Fsp3) is 0.462. The van der Waals surface area contributed by atoms with Crippen molar-refractivity contribution >= 4 is 21.6 Å². The molecule has 0 aromatic heterocycles. The second kappa shape index (κ2) is 6.71.